The summed E-state index contributed by atoms with van der Waals surface area (Å²) in [4.78, 5) is 0. The van der Waals surface area contributed by atoms with Crippen LogP contribution in [0.5, 0.6) is 0 Å². The third kappa shape index (κ3) is 1.97. The van der Waals surface area contributed by atoms with Gasteiger partial charge in [0, 0.05) is 6.42 Å². The molecule has 0 fully saturated rings. The van der Waals surface area contributed by atoms with Crippen LogP contribution in [0.25, 0.3) is 0 Å². The largest absolute Gasteiger partial charge is 0.0879 e. The number of hydrogen-bond donors (Lipinski definition) is 0. The second-order valence-corrected chi connectivity index (χ2v) is 1.98. The number of rotatable bonds is 0. The van der Waals surface area contributed by atoms with Crippen LogP contribution in [0.2, 0.25) is 0 Å². The molecule has 0 heteroatoms. The Bertz CT molecular complexity index is 86.6. The van der Waals surface area contributed by atoms with E-state index in [1.165, 1.54) is 19.3 Å². The molecule has 0 saturated carbocycles. The molecule has 0 aliphatic heterocycles. The normalized spacial score (nSPS) is 28.0. The molecule has 1 rings (SSSR count). The summed E-state index contributed by atoms with van der Waals surface area (Å²) in [5.74, 6) is 0. The predicted molar refractivity (Wildman–Crippen MR) is 36.4 cm³/mol. The van der Waals surface area contributed by atoms with Gasteiger partial charge in [-0.05, 0) is 19.3 Å². The van der Waals surface area contributed by atoms with Crippen LogP contribution in [0.15, 0.2) is 24.3 Å². The average Bonchev–Trinajstić information content (AvgIpc) is 1.62. The van der Waals surface area contributed by atoms with Gasteiger partial charge < -0.3 is 0 Å². The van der Waals surface area contributed by atoms with Gasteiger partial charge in [0.05, 0.1) is 0 Å². The first-order valence-corrected chi connectivity index (χ1v) is 3.15. The molecule has 1 aliphatic carbocycles. The summed E-state index contributed by atoms with van der Waals surface area (Å²) >= 11 is 0. The van der Waals surface area contributed by atoms with Crippen LogP contribution in [-0.4, -0.2) is 0 Å². The maximum atomic E-state index is 2.21. The highest BCUT2D eigenvalue weighted by atomic mass is 13.9. The Hall–Kier alpha value is -0.520. The topological polar surface area (TPSA) is 0 Å². The lowest BCUT2D eigenvalue weighted by Gasteiger charge is -1.92. The fourth-order valence-electron chi connectivity index (χ4n) is 0.767. The van der Waals surface area contributed by atoms with Crippen LogP contribution < -0.4 is 0 Å². The van der Waals surface area contributed by atoms with Gasteiger partial charge >= 0.3 is 0 Å². The molecule has 0 N–H and O–H groups in total. The van der Waals surface area contributed by atoms with Crippen molar-refractivity contribution in [3.63, 3.8) is 0 Å². The Labute approximate surface area is 50.9 Å². The fourth-order valence-corrected chi connectivity index (χ4v) is 0.767. The molecule has 43 valence electrons. The lowest BCUT2D eigenvalue weighted by molar-refractivity contribution is 0.863. The summed E-state index contributed by atoms with van der Waals surface area (Å²) in [6.07, 6.45) is 14.5. The van der Waals surface area contributed by atoms with Crippen molar-refractivity contribution in [2.24, 2.45) is 0 Å². The molecular weight excluding hydrogens is 96.1 g/mol. The van der Waals surface area contributed by atoms with Gasteiger partial charge in [-0.25, -0.2) is 0 Å². The zero-order chi connectivity index (χ0) is 5.66. The second kappa shape index (κ2) is 3.48. The quantitative estimate of drug-likeness (QED) is 0.446. The van der Waals surface area contributed by atoms with Crippen molar-refractivity contribution in [2.45, 2.75) is 19.3 Å². The van der Waals surface area contributed by atoms with Crippen molar-refractivity contribution in [1.29, 1.82) is 0 Å². The molecule has 0 aromatic heterocycles. The fraction of sp³-hybridized carbons (Fsp3) is 0.375. The molecule has 1 aliphatic rings. The first kappa shape index (κ1) is 5.61. The Morgan fingerprint density at radius 2 is 1.50 bits per heavy atom. The molecule has 0 amide bonds. The highest BCUT2D eigenvalue weighted by Crippen LogP contribution is 2.02. The summed E-state index contributed by atoms with van der Waals surface area (Å²) in [5.41, 5.74) is 0. The van der Waals surface area contributed by atoms with Crippen molar-refractivity contribution >= 4 is 0 Å². The standard InChI is InChI=1S/C8H11/c1-2-4-6-8-7-5-3-1/h1-5H,6-8H2/b4-2-,5-3-. The van der Waals surface area contributed by atoms with Gasteiger partial charge in [-0.2, -0.15) is 0 Å². The van der Waals surface area contributed by atoms with Gasteiger partial charge in [-0.15, -0.1) is 0 Å². The van der Waals surface area contributed by atoms with Gasteiger partial charge in [0.25, 0.3) is 0 Å². The molecule has 0 bridgehead atoms. The van der Waals surface area contributed by atoms with Crippen molar-refractivity contribution in [2.75, 3.05) is 0 Å². The predicted octanol–water partition coefficient (Wildman–Crippen LogP) is 2.49. The monoisotopic (exact) mass is 107 g/mol. The van der Waals surface area contributed by atoms with E-state index in [9.17, 15) is 0 Å². The van der Waals surface area contributed by atoms with Crippen molar-refractivity contribution in [3.8, 4) is 0 Å². The summed E-state index contributed by atoms with van der Waals surface area (Å²) in [6.45, 7) is 0. The third-order valence-electron chi connectivity index (χ3n) is 1.24. The van der Waals surface area contributed by atoms with Crippen LogP contribution in [-0.2, 0) is 0 Å². The summed E-state index contributed by atoms with van der Waals surface area (Å²) in [7, 11) is 0. The molecular formula is C8H11. The molecule has 0 atom stereocenters. The molecule has 0 saturated heterocycles. The molecule has 1 radical (unpaired) electrons. The van der Waals surface area contributed by atoms with Crippen molar-refractivity contribution < 1.29 is 0 Å². The maximum absolute atomic E-state index is 2.21. The Kier molecular flexibility index (Phi) is 2.44. The van der Waals surface area contributed by atoms with Crippen molar-refractivity contribution in [1.82, 2.24) is 0 Å². The van der Waals surface area contributed by atoms with Crippen molar-refractivity contribution in [3.05, 3.63) is 30.7 Å². The van der Waals surface area contributed by atoms with Crippen LogP contribution in [0.4, 0.5) is 0 Å². The zero-order valence-corrected chi connectivity index (χ0v) is 5.01. The first-order valence-electron chi connectivity index (χ1n) is 3.15. The SMILES string of the molecule is [CH]1/C=C\CCC/C=C\1. The number of hydrogen-bond acceptors (Lipinski definition) is 0. The molecule has 0 aromatic rings. The van der Waals surface area contributed by atoms with Gasteiger partial charge in [0.1, 0.15) is 0 Å². The van der Waals surface area contributed by atoms with E-state index in [2.05, 4.69) is 30.7 Å². The van der Waals surface area contributed by atoms with Gasteiger partial charge in [-0.1, -0.05) is 24.3 Å². The smallest absolute Gasteiger partial charge is 0.00441 e. The van der Waals surface area contributed by atoms with E-state index in [0.717, 1.165) is 0 Å². The average molecular weight is 107 g/mol. The molecule has 8 heavy (non-hydrogen) atoms. The van der Waals surface area contributed by atoms with Gasteiger partial charge in [0.15, 0.2) is 0 Å². The Morgan fingerprint density at radius 1 is 0.875 bits per heavy atom. The third-order valence-corrected chi connectivity index (χ3v) is 1.24. The van der Waals surface area contributed by atoms with E-state index in [4.69, 9.17) is 0 Å². The summed E-state index contributed by atoms with van der Waals surface area (Å²) in [5, 5.41) is 0. The highest BCUT2D eigenvalue weighted by Gasteiger charge is 1.82. The molecule has 0 aromatic carbocycles. The van der Waals surface area contributed by atoms with Gasteiger partial charge in [-0.3, -0.25) is 0 Å². The lowest BCUT2D eigenvalue weighted by atomic mass is 10.1. The zero-order valence-electron chi connectivity index (χ0n) is 5.01. The molecule has 0 nitrogen and oxygen atoms in total. The minimum atomic E-state index is 1.24. The number of allylic oxidation sites excluding steroid dienone is 4. The molecule has 0 heterocycles. The van der Waals surface area contributed by atoms with Crippen LogP contribution in [0, 0.1) is 6.42 Å². The minimum Gasteiger partial charge on any atom is -0.0879 e. The Morgan fingerprint density at radius 3 is 2.12 bits per heavy atom. The van der Waals surface area contributed by atoms with E-state index in [1.54, 1.807) is 0 Å². The van der Waals surface area contributed by atoms with E-state index in [0.29, 0.717) is 0 Å². The van der Waals surface area contributed by atoms with E-state index < -0.39 is 0 Å². The summed E-state index contributed by atoms with van der Waals surface area (Å²) < 4.78 is 0. The van der Waals surface area contributed by atoms with Crippen LogP contribution in [0.3, 0.4) is 0 Å². The van der Waals surface area contributed by atoms with E-state index in [-0.39, 0.29) is 0 Å². The second-order valence-electron chi connectivity index (χ2n) is 1.98. The van der Waals surface area contributed by atoms with E-state index >= 15 is 0 Å². The van der Waals surface area contributed by atoms with Gasteiger partial charge in [0.2, 0.25) is 0 Å². The van der Waals surface area contributed by atoms with Crippen LogP contribution >= 0.6 is 0 Å². The van der Waals surface area contributed by atoms with Crippen LogP contribution in [0.1, 0.15) is 19.3 Å². The van der Waals surface area contributed by atoms with E-state index in [1.807, 2.05) is 0 Å². The molecule has 0 unspecified atom stereocenters. The first-order chi connectivity index (χ1) is 4.00. The maximum Gasteiger partial charge on any atom is 0.00441 e. The summed E-state index contributed by atoms with van der Waals surface area (Å²) in [6, 6.07) is 0. The minimum absolute atomic E-state index is 1.24. The Balaban J connectivity index is 2.31. The highest BCUT2D eigenvalue weighted by molar-refractivity contribution is 5.09. The lowest BCUT2D eigenvalue weighted by Crippen LogP contribution is -1.73. The molecule has 0 spiro atoms.